The Morgan fingerprint density at radius 2 is 2.21 bits per heavy atom. The minimum absolute atomic E-state index is 0.0590. The van der Waals surface area contributed by atoms with E-state index in [1.54, 1.807) is 25.1 Å². The van der Waals surface area contributed by atoms with Gasteiger partial charge in [0.15, 0.2) is 5.78 Å². The summed E-state index contributed by atoms with van der Waals surface area (Å²) in [6.45, 7) is 3.15. The highest BCUT2D eigenvalue weighted by atomic mass is 35.5. The van der Waals surface area contributed by atoms with Gasteiger partial charge in [-0.1, -0.05) is 23.2 Å². The van der Waals surface area contributed by atoms with E-state index in [1.165, 1.54) is 0 Å². The van der Waals surface area contributed by atoms with E-state index in [9.17, 15) is 9.59 Å². The Morgan fingerprint density at radius 3 is 2.95 bits per heavy atom. The Balaban J connectivity index is 2.12. The number of carbonyl (C=O) groups excluding carboxylic acids is 2. The molecule has 1 saturated heterocycles. The molecule has 0 aromatic heterocycles. The molecule has 2 rings (SSSR count). The molecule has 1 aliphatic heterocycles. The Kier molecular flexibility index (Phi) is 4.45. The third kappa shape index (κ3) is 3.26. The molecule has 1 fully saturated rings. The maximum Gasteiger partial charge on any atom is 0.237 e. The average Bonchev–Trinajstić information content (AvgIpc) is 2.38. The first kappa shape index (κ1) is 14.3. The number of Topliss-reactive ketones (excluding diaryl/α,β-unsaturated/α-hetero) is 1. The van der Waals surface area contributed by atoms with Gasteiger partial charge in [-0.05, 0) is 25.1 Å². The van der Waals surface area contributed by atoms with Crippen LogP contribution in [0.4, 0.5) is 0 Å². The van der Waals surface area contributed by atoms with Gasteiger partial charge >= 0.3 is 0 Å². The fraction of sp³-hybridized carbons (Fsp3) is 0.385. The SMILES string of the molecule is CC1C(=O)NCCN1CC(=O)c1cc(Cl)ccc1Cl. The lowest BCUT2D eigenvalue weighted by Gasteiger charge is -2.32. The van der Waals surface area contributed by atoms with Crippen molar-refractivity contribution in [3.63, 3.8) is 0 Å². The quantitative estimate of drug-likeness (QED) is 0.869. The number of rotatable bonds is 3. The number of nitrogens with zero attached hydrogens (tertiary/aromatic N) is 1. The molecular weight excluding hydrogens is 287 g/mol. The fourth-order valence-corrected chi connectivity index (χ4v) is 2.42. The average molecular weight is 301 g/mol. The number of hydrogen-bond acceptors (Lipinski definition) is 3. The van der Waals surface area contributed by atoms with Crippen LogP contribution in [0, 0.1) is 0 Å². The molecule has 1 unspecified atom stereocenters. The highest BCUT2D eigenvalue weighted by Crippen LogP contribution is 2.21. The van der Waals surface area contributed by atoms with Gasteiger partial charge in [-0.25, -0.2) is 0 Å². The summed E-state index contributed by atoms with van der Waals surface area (Å²) in [5.74, 6) is -0.190. The summed E-state index contributed by atoms with van der Waals surface area (Å²) in [5.41, 5.74) is 0.396. The van der Waals surface area contributed by atoms with Crippen molar-refractivity contribution in [1.82, 2.24) is 10.2 Å². The van der Waals surface area contributed by atoms with Gasteiger partial charge in [-0.15, -0.1) is 0 Å². The lowest BCUT2D eigenvalue weighted by Crippen LogP contribution is -2.55. The number of nitrogens with one attached hydrogen (secondary N) is 1. The van der Waals surface area contributed by atoms with E-state index in [4.69, 9.17) is 23.2 Å². The summed E-state index contributed by atoms with van der Waals surface area (Å²) in [5, 5.41) is 3.60. The van der Waals surface area contributed by atoms with Crippen molar-refractivity contribution in [2.45, 2.75) is 13.0 Å². The predicted octanol–water partition coefficient (Wildman–Crippen LogP) is 2.00. The molecule has 1 aromatic carbocycles. The van der Waals surface area contributed by atoms with Crippen LogP contribution in [0.15, 0.2) is 18.2 Å². The van der Waals surface area contributed by atoms with E-state index in [0.29, 0.717) is 28.7 Å². The van der Waals surface area contributed by atoms with Crippen molar-refractivity contribution in [3.8, 4) is 0 Å². The number of benzene rings is 1. The monoisotopic (exact) mass is 300 g/mol. The highest BCUT2D eigenvalue weighted by Gasteiger charge is 2.27. The van der Waals surface area contributed by atoms with Gasteiger partial charge in [0.2, 0.25) is 5.91 Å². The Hall–Kier alpha value is -1.10. The van der Waals surface area contributed by atoms with Crippen molar-refractivity contribution < 1.29 is 9.59 Å². The van der Waals surface area contributed by atoms with Crippen molar-refractivity contribution >= 4 is 34.9 Å². The predicted molar refractivity (Wildman–Crippen MR) is 74.8 cm³/mol. The molecule has 6 heteroatoms. The lowest BCUT2D eigenvalue weighted by molar-refractivity contribution is -0.127. The standard InChI is InChI=1S/C13H14Cl2N2O2/c1-8-13(19)16-4-5-17(8)7-12(18)10-6-9(14)2-3-11(10)15/h2-3,6,8H,4-5,7H2,1H3,(H,16,19). The van der Waals surface area contributed by atoms with Gasteiger partial charge in [0.25, 0.3) is 0 Å². The molecule has 0 spiro atoms. The summed E-state index contributed by atoms with van der Waals surface area (Å²) < 4.78 is 0. The zero-order valence-electron chi connectivity index (χ0n) is 10.5. The Labute approximate surface area is 121 Å². The molecule has 0 bridgehead atoms. The summed E-state index contributed by atoms with van der Waals surface area (Å²) >= 11 is 11.9. The van der Waals surface area contributed by atoms with Crippen LogP contribution >= 0.6 is 23.2 Å². The topological polar surface area (TPSA) is 49.4 Å². The maximum atomic E-state index is 12.2. The van der Waals surface area contributed by atoms with E-state index < -0.39 is 0 Å². The number of hydrogen-bond donors (Lipinski definition) is 1. The minimum Gasteiger partial charge on any atom is -0.353 e. The molecule has 0 radical (unpaired) electrons. The second kappa shape index (κ2) is 5.90. The molecule has 1 heterocycles. The first-order valence-electron chi connectivity index (χ1n) is 5.99. The first-order chi connectivity index (χ1) is 8.99. The zero-order valence-corrected chi connectivity index (χ0v) is 12.0. The summed E-state index contributed by atoms with van der Waals surface area (Å²) in [7, 11) is 0. The number of ketones is 1. The normalized spacial score (nSPS) is 20.2. The summed E-state index contributed by atoms with van der Waals surface area (Å²) in [4.78, 5) is 25.6. The van der Waals surface area contributed by atoms with Crippen molar-refractivity contribution in [2.24, 2.45) is 0 Å². The second-order valence-corrected chi connectivity index (χ2v) is 5.33. The number of halogens is 2. The molecule has 102 valence electrons. The number of carbonyl (C=O) groups is 2. The number of amides is 1. The second-order valence-electron chi connectivity index (χ2n) is 4.48. The van der Waals surface area contributed by atoms with E-state index in [-0.39, 0.29) is 24.3 Å². The molecule has 1 aromatic rings. The fourth-order valence-electron chi connectivity index (χ4n) is 2.03. The lowest BCUT2D eigenvalue weighted by atomic mass is 10.1. The van der Waals surface area contributed by atoms with E-state index in [0.717, 1.165) is 0 Å². The van der Waals surface area contributed by atoms with E-state index in [1.807, 2.05) is 4.90 Å². The van der Waals surface area contributed by atoms with Crippen LogP contribution in [0.1, 0.15) is 17.3 Å². The molecule has 19 heavy (non-hydrogen) atoms. The maximum absolute atomic E-state index is 12.2. The van der Waals surface area contributed by atoms with Gasteiger partial charge in [-0.3, -0.25) is 14.5 Å². The first-order valence-corrected chi connectivity index (χ1v) is 6.74. The van der Waals surface area contributed by atoms with Gasteiger partial charge in [0.1, 0.15) is 0 Å². The van der Waals surface area contributed by atoms with Crippen molar-refractivity contribution in [2.75, 3.05) is 19.6 Å². The van der Waals surface area contributed by atoms with Crippen molar-refractivity contribution in [1.29, 1.82) is 0 Å². The molecule has 1 atom stereocenters. The van der Waals surface area contributed by atoms with Crippen LogP contribution in [0.3, 0.4) is 0 Å². The molecule has 0 saturated carbocycles. The summed E-state index contributed by atoms with van der Waals surface area (Å²) in [6, 6.07) is 4.48. The minimum atomic E-state index is -0.310. The molecule has 1 N–H and O–H groups in total. The smallest absolute Gasteiger partial charge is 0.237 e. The molecule has 4 nitrogen and oxygen atoms in total. The van der Waals surface area contributed by atoms with Crippen LogP contribution in [0.5, 0.6) is 0 Å². The van der Waals surface area contributed by atoms with Gasteiger partial charge in [0, 0.05) is 23.7 Å². The Bertz CT molecular complexity index is 519. The van der Waals surface area contributed by atoms with Crippen LogP contribution in [-0.4, -0.2) is 42.3 Å². The van der Waals surface area contributed by atoms with E-state index in [2.05, 4.69) is 5.32 Å². The molecule has 1 amide bonds. The molecular formula is C13H14Cl2N2O2. The summed E-state index contributed by atoms with van der Waals surface area (Å²) in [6.07, 6.45) is 0. The van der Waals surface area contributed by atoms with Crippen LogP contribution < -0.4 is 5.32 Å². The zero-order chi connectivity index (χ0) is 14.0. The van der Waals surface area contributed by atoms with Crippen LogP contribution in [0.2, 0.25) is 10.0 Å². The van der Waals surface area contributed by atoms with Gasteiger partial charge in [0.05, 0.1) is 17.6 Å². The van der Waals surface area contributed by atoms with Crippen molar-refractivity contribution in [3.05, 3.63) is 33.8 Å². The third-order valence-corrected chi connectivity index (χ3v) is 3.77. The van der Waals surface area contributed by atoms with Gasteiger partial charge in [-0.2, -0.15) is 0 Å². The largest absolute Gasteiger partial charge is 0.353 e. The highest BCUT2D eigenvalue weighted by molar-refractivity contribution is 6.36. The molecule has 1 aliphatic rings. The van der Waals surface area contributed by atoms with Crippen LogP contribution in [0.25, 0.3) is 0 Å². The van der Waals surface area contributed by atoms with Crippen LogP contribution in [-0.2, 0) is 4.79 Å². The van der Waals surface area contributed by atoms with E-state index >= 15 is 0 Å². The number of piperazine rings is 1. The molecule has 0 aliphatic carbocycles. The Morgan fingerprint density at radius 1 is 1.47 bits per heavy atom. The third-order valence-electron chi connectivity index (χ3n) is 3.20. The van der Waals surface area contributed by atoms with Gasteiger partial charge < -0.3 is 5.32 Å².